The molecule has 0 saturated carbocycles. The standard InChI is InChI=1S/C20H21N5S/c1-13(2)11-15-6-8-16(9-7-15)14(3)19-24-25-18(22-23-20(25)26-19)17-5-4-10-21-12-17/h4-10,12-14H,11H2,1-3H3/t14-/m0/s1. The molecule has 0 aliphatic carbocycles. The van der Waals surface area contributed by atoms with Crippen LogP contribution in [0.15, 0.2) is 48.8 Å². The third-order valence-corrected chi connectivity index (χ3v) is 5.50. The van der Waals surface area contributed by atoms with E-state index in [1.165, 1.54) is 11.1 Å². The van der Waals surface area contributed by atoms with E-state index in [1.807, 2.05) is 16.6 Å². The fraction of sp³-hybridized carbons (Fsp3) is 0.300. The first-order valence-electron chi connectivity index (χ1n) is 8.83. The zero-order valence-electron chi connectivity index (χ0n) is 15.1. The molecule has 26 heavy (non-hydrogen) atoms. The van der Waals surface area contributed by atoms with Crippen LogP contribution in [0.25, 0.3) is 16.3 Å². The van der Waals surface area contributed by atoms with Gasteiger partial charge in [-0.05, 0) is 35.6 Å². The first-order chi connectivity index (χ1) is 12.6. The lowest BCUT2D eigenvalue weighted by atomic mass is 9.97. The van der Waals surface area contributed by atoms with Gasteiger partial charge in [-0.15, -0.1) is 10.2 Å². The van der Waals surface area contributed by atoms with Gasteiger partial charge in [0.15, 0.2) is 5.82 Å². The number of hydrogen-bond acceptors (Lipinski definition) is 5. The van der Waals surface area contributed by atoms with Crippen LogP contribution in [-0.2, 0) is 6.42 Å². The summed E-state index contributed by atoms with van der Waals surface area (Å²) >= 11 is 1.59. The molecule has 4 rings (SSSR count). The molecule has 1 atom stereocenters. The molecule has 3 aromatic heterocycles. The predicted molar refractivity (Wildman–Crippen MR) is 104 cm³/mol. The van der Waals surface area contributed by atoms with Crippen molar-refractivity contribution in [2.75, 3.05) is 0 Å². The Morgan fingerprint density at radius 1 is 1.04 bits per heavy atom. The van der Waals surface area contributed by atoms with Gasteiger partial charge in [-0.2, -0.15) is 9.61 Å². The van der Waals surface area contributed by atoms with E-state index in [-0.39, 0.29) is 5.92 Å². The highest BCUT2D eigenvalue weighted by atomic mass is 32.1. The number of aromatic nitrogens is 5. The van der Waals surface area contributed by atoms with Gasteiger partial charge in [-0.3, -0.25) is 4.98 Å². The third-order valence-electron chi connectivity index (χ3n) is 4.42. The molecular weight excluding hydrogens is 342 g/mol. The minimum Gasteiger partial charge on any atom is -0.264 e. The highest BCUT2D eigenvalue weighted by molar-refractivity contribution is 7.16. The molecule has 3 heterocycles. The lowest BCUT2D eigenvalue weighted by molar-refractivity contribution is 0.647. The summed E-state index contributed by atoms with van der Waals surface area (Å²) in [6.45, 7) is 6.68. The first kappa shape index (κ1) is 16.8. The van der Waals surface area contributed by atoms with Gasteiger partial charge in [0.2, 0.25) is 4.96 Å². The fourth-order valence-electron chi connectivity index (χ4n) is 3.04. The van der Waals surface area contributed by atoms with Crippen molar-refractivity contribution in [3.63, 3.8) is 0 Å². The summed E-state index contributed by atoms with van der Waals surface area (Å²) in [7, 11) is 0. The Bertz CT molecular complexity index is 1000. The Kier molecular flexibility index (Phi) is 4.51. The summed E-state index contributed by atoms with van der Waals surface area (Å²) in [6.07, 6.45) is 4.64. The minimum atomic E-state index is 0.219. The van der Waals surface area contributed by atoms with Gasteiger partial charge < -0.3 is 0 Å². The van der Waals surface area contributed by atoms with Crippen molar-refractivity contribution < 1.29 is 0 Å². The van der Waals surface area contributed by atoms with Crippen LogP contribution in [0.3, 0.4) is 0 Å². The quantitative estimate of drug-likeness (QED) is 0.520. The van der Waals surface area contributed by atoms with Crippen molar-refractivity contribution in [1.82, 2.24) is 24.8 Å². The van der Waals surface area contributed by atoms with Crippen LogP contribution in [0.1, 0.15) is 42.8 Å². The molecule has 1 aromatic carbocycles. The second-order valence-corrected chi connectivity index (χ2v) is 7.95. The topological polar surface area (TPSA) is 56.0 Å². The summed E-state index contributed by atoms with van der Waals surface area (Å²) in [5.41, 5.74) is 3.57. The van der Waals surface area contributed by atoms with Crippen LogP contribution in [0.4, 0.5) is 0 Å². The molecule has 0 N–H and O–H groups in total. The molecule has 0 aliphatic rings. The zero-order chi connectivity index (χ0) is 18.1. The summed E-state index contributed by atoms with van der Waals surface area (Å²) in [5, 5.41) is 14.4. The van der Waals surface area contributed by atoms with Gasteiger partial charge in [0.25, 0.3) is 0 Å². The lowest BCUT2D eigenvalue weighted by Gasteiger charge is -2.10. The van der Waals surface area contributed by atoms with Gasteiger partial charge in [0.05, 0.1) is 0 Å². The number of benzene rings is 1. The molecule has 6 heteroatoms. The van der Waals surface area contributed by atoms with Crippen molar-refractivity contribution in [1.29, 1.82) is 0 Å². The van der Waals surface area contributed by atoms with E-state index >= 15 is 0 Å². The Morgan fingerprint density at radius 3 is 2.54 bits per heavy atom. The summed E-state index contributed by atoms with van der Waals surface area (Å²) in [5.74, 6) is 1.62. The highest BCUT2D eigenvalue weighted by Crippen LogP contribution is 2.30. The molecule has 4 aromatic rings. The summed E-state index contributed by atoms with van der Waals surface area (Å²) in [6, 6.07) is 12.8. The summed E-state index contributed by atoms with van der Waals surface area (Å²) < 4.78 is 1.82. The van der Waals surface area contributed by atoms with Gasteiger partial charge >= 0.3 is 0 Å². The van der Waals surface area contributed by atoms with E-state index < -0.39 is 0 Å². The largest absolute Gasteiger partial charge is 0.264 e. The number of fused-ring (bicyclic) bond motifs is 1. The van der Waals surface area contributed by atoms with Crippen molar-refractivity contribution in [3.05, 3.63) is 64.9 Å². The SMILES string of the molecule is CC(C)Cc1ccc([C@H](C)c2nn3c(-c4cccnc4)nnc3s2)cc1. The molecule has 0 amide bonds. The molecule has 0 saturated heterocycles. The van der Waals surface area contributed by atoms with Gasteiger partial charge in [-0.1, -0.05) is 56.4 Å². The van der Waals surface area contributed by atoms with E-state index in [9.17, 15) is 0 Å². The molecule has 0 radical (unpaired) electrons. The van der Waals surface area contributed by atoms with Crippen LogP contribution in [0.5, 0.6) is 0 Å². The van der Waals surface area contributed by atoms with Crippen molar-refractivity contribution in [2.24, 2.45) is 5.92 Å². The van der Waals surface area contributed by atoms with E-state index in [2.05, 4.69) is 60.2 Å². The Morgan fingerprint density at radius 2 is 1.85 bits per heavy atom. The number of pyridine rings is 1. The first-order valence-corrected chi connectivity index (χ1v) is 9.65. The summed E-state index contributed by atoms with van der Waals surface area (Å²) in [4.78, 5) is 4.97. The van der Waals surface area contributed by atoms with E-state index in [0.717, 1.165) is 27.8 Å². The normalized spacial score (nSPS) is 12.8. The van der Waals surface area contributed by atoms with Crippen LogP contribution in [0, 0.1) is 5.92 Å². The fourth-order valence-corrected chi connectivity index (χ4v) is 3.96. The van der Waals surface area contributed by atoms with E-state index in [0.29, 0.717) is 5.92 Å². The molecule has 0 aliphatic heterocycles. The van der Waals surface area contributed by atoms with Gasteiger partial charge in [0.1, 0.15) is 5.01 Å². The molecule has 5 nitrogen and oxygen atoms in total. The molecule has 0 unspecified atom stereocenters. The van der Waals surface area contributed by atoms with Crippen molar-refractivity contribution >= 4 is 16.3 Å². The zero-order valence-corrected chi connectivity index (χ0v) is 15.9. The average molecular weight is 363 g/mol. The van der Waals surface area contributed by atoms with E-state index in [4.69, 9.17) is 5.10 Å². The Hall–Kier alpha value is -2.60. The Balaban J connectivity index is 1.63. The van der Waals surface area contributed by atoms with E-state index in [1.54, 1.807) is 23.7 Å². The maximum absolute atomic E-state index is 4.78. The maximum Gasteiger partial charge on any atom is 0.234 e. The second-order valence-electron chi connectivity index (χ2n) is 6.96. The van der Waals surface area contributed by atoms with Crippen LogP contribution >= 0.6 is 11.3 Å². The number of rotatable bonds is 5. The van der Waals surface area contributed by atoms with Crippen LogP contribution in [-0.4, -0.2) is 24.8 Å². The molecule has 0 spiro atoms. The van der Waals surface area contributed by atoms with Gasteiger partial charge in [-0.25, -0.2) is 0 Å². The van der Waals surface area contributed by atoms with Gasteiger partial charge in [0, 0.05) is 23.9 Å². The monoisotopic (exact) mass is 363 g/mol. The van der Waals surface area contributed by atoms with Crippen molar-refractivity contribution in [2.45, 2.75) is 33.1 Å². The smallest absolute Gasteiger partial charge is 0.234 e. The maximum atomic E-state index is 4.78. The minimum absolute atomic E-state index is 0.219. The molecular formula is C20H21N5S. The predicted octanol–water partition coefficient (Wildman–Crippen LogP) is 4.60. The van der Waals surface area contributed by atoms with Crippen LogP contribution in [0.2, 0.25) is 0 Å². The van der Waals surface area contributed by atoms with Crippen LogP contribution < -0.4 is 0 Å². The number of hydrogen-bond donors (Lipinski definition) is 0. The second kappa shape index (κ2) is 6.96. The number of nitrogens with zero attached hydrogens (tertiary/aromatic N) is 5. The highest BCUT2D eigenvalue weighted by Gasteiger charge is 2.18. The average Bonchev–Trinajstić information content (AvgIpc) is 3.22. The Labute approximate surface area is 156 Å². The third kappa shape index (κ3) is 3.24. The van der Waals surface area contributed by atoms with Crippen molar-refractivity contribution in [3.8, 4) is 11.4 Å². The molecule has 0 bridgehead atoms. The molecule has 132 valence electrons. The molecule has 0 fully saturated rings. The lowest BCUT2D eigenvalue weighted by Crippen LogP contribution is -1.99.